The first kappa shape index (κ1) is 18.2. The number of benzene rings is 1. The quantitative estimate of drug-likeness (QED) is 0.692. The maximum atomic E-state index is 11.9. The number of esters is 2. The maximum Gasteiger partial charge on any atom is 0.307 e. The lowest BCUT2D eigenvalue weighted by Crippen LogP contribution is -2.32. The zero-order valence-corrected chi connectivity index (χ0v) is 14.2. The van der Waals surface area contributed by atoms with Crippen LogP contribution in [0, 0.1) is 11.3 Å². The number of ether oxygens (including phenoxy) is 2. The fourth-order valence-corrected chi connectivity index (χ4v) is 2.36. The SMILES string of the molecule is CCOC(=O)CC(C#N)(CC(=O)OCC)c1ccc(Br)cc1. The zero-order valence-electron chi connectivity index (χ0n) is 12.6. The molecule has 0 amide bonds. The Morgan fingerprint density at radius 2 is 1.55 bits per heavy atom. The fourth-order valence-electron chi connectivity index (χ4n) is 2.10. The molecule has 0 saturated heterocycles. The summed E-state index contributed by atoms with van der Waals surface area (Å²) in [7, 11) is 0. The predicted octanol–water partition coefficient (Wildman–Crippen LogP) is 3.12. The Morgan fingerprint density at radius 1 is 1.09 bits per heavy atom. The molecule has 0 aliphatic rings. The summed E-state index contributed by atoms with van der Waals surface area (Å²) in [5.41, 5.74) is -0.710. The summed E-state index contributed by atoms with van der Waals surface area (Å²) in [6, 6.07) is 9.06. The highest BCUT2D eigenvalue weighted by atomic mass is 79.9. The molecule has 0 unspecified atom stereocenters. The van der Waals surface area contributed by atoms with Crippen LogP contribution >= 0.6 is 15.9 Å². The lowest BCUT2D eigenvalue weighted by molar-refractivity contribution is -0.146. The Bertz CT molecular complexity index is 543. The molecule has 0 atom stereocenters. The molecule has 6 heteroatoms. The lowest BCUT2D eigenvalue weighted by Gasteiger charge is -2.25. The second-order valence-corrected chi connectivity index (χ2v) is 5.58. The summed E-state index contributed by atoms with van der Waals surface area (Å²) in [6.45, 7) is 3.83. The van der Waals surface area contributed by atoms with Gasteiger partial charge in [-0.1, -0.05) is 28.1 Å². The Hall–Kier alpha value is -1.87. The van der Waals surface area contributed by atoms with Crippen LogP contribution in [-0.4, -0.2) is 25.2 Å². The van der Waals surface area contributed by atoms with Crippen LogP contribution in [0.5, 0.6) is 0 Å². The first-order valence-corrected chi connectivity index (χ1v) is 7.75. The highest BCUT2D eigenvalue weighted by Crippen LogP contribution is 2.33. The molecular weight excluding hydrogens is 350 g/mol. The molecule has 5 nitrogen and oxygen atoms in total. The number of halogens is 1. The van der Waals surface area contributed by atoms with E-state index >= 15 is 0 Å². The number of carbonyl (C=O) groups excluding carboxylic acids is 2. The topological polar surface area (TPSA) is 76.4 Å². The van der Waals surface area contributed by atoms with Gasteiger partial charge in [0.25, 0.3) is 0 Å². The van der Waals surface area contributed by atoms with Crippen LogP contribution in [0.1, 0.15) is 32.3 Å². The van der Waals surface area contributed by atoms with Crippen molar-refractivity contribution in [2.45, 2.75) is 32.1 Å². The van der Waals surface area contributed by atoms with Crippen molar-refractivity contribution < 1.29 is 19.1 Å². The van der Waals surface area contributed by atoms with Gasteiger partial charge in [0.05, 0.1) is 32.1 Å². The van der Waals surface area contributed by atoms with E-state index in [1.807, 2.05) is 0 Å². The number of hydrogen-bond acceptors (Lipinski definition) is 5. The number of rotatable bonds is 7. The van der Waals surface area contributed by atoms with Gasteiger partial charge in [0.1, 0.15) is 5.41 Å². The van der Waals surface area contributed by atoms with Crippen molar-refractivity contribution in [2.75, 3.05) is 13.2 Å². The van der Waals surface area contributed by atoms with Crippen molar-refractivity contribution in [1.82, 2.24) is 0 Å². The van der Waals surface area contributed by atoms with Gasteiger partial charge in [0.15, 0.2) is 0 Å². The molecule has 0 N–H and O–H groups in total. The summed E-state index contributed by atoms with van der Waals surface area (Å²) in [6.07, 6.45) is -0.393. The fraction of sp³-hybridized carbons (Fsp3) is 0.438. The van der Waals surface area contributed by atoms with Crippen molar-refractivity contribution in [3.05, 3.63) is 34.3 Å². The largest absolute Gasteiger partial charge is 0.466 e. The zero-order chi connectivity index (χ0) is 16.6. The maximum absolute atomic E-state index is 11.9. The molecule has 0 saturated carbocycles. The monoisotopic (exact) mass is 367 g/mol. The number of carbonyl (C=O) groups is 2. The molecule has 0 spiro atoms. The molecule has 0 aliphatic carbocycles. The standard InChI is InChI=1S/C16H18BrNO4/c1-3-21-14(19)9-16(11-18,10-15(20)22-4-2)12-5-7-13(17)8-6-12/h5-8H,3-4,9-10H2,1-2H3. The first-order chi connectivity index (χ1) is 10.5. The Balaban J connectivity index is 3.16. The van der Waals surface area contributed by atoms with Gasteiger partial charge < -0.3 is 9.47 Å². The highest BCUT2D eigenvalue weighted by molar-refractivity contribution is 9.10. The van der Waals surface area contributed by atoms with E-state index < -0.39 is 17.4 Å². The van der Waals surface area contributed by atoms with E-state index in [4.69, 9.17) is 9.47 Å². The summed E-state index contributed by atoms with van der Waals surface area (Å²) in [5, 5.41) is 9.66. The number of nitrogens with zero attached hydrogens (tertiary/aromatic N) is 1. The second kappa shape index (κ2) is 8.54. The molecule has 0 aromatic heterocycles. The van der Waals surface area contributed by atoms with Gasteiger partial charge in [-0.3, -0.25) is 9.59 Å². The smallest absolute Gasteiger partial charge is 0.307 e. The molecule has 0 heterocycles. The predicted molar refractivity (Wildman–Crippen MR) is 83.9 cm³/mol. The molecule has 118 valence electrons. The molecule has 1 aromatic carbocycles. The molecular formula is C16H18BrNO4. The van der Waals surface area contributed by atoms with Gasteiger partial charge in [0.2, 0.25) is 0 Å². The molecule has 0 aliphatic heterocycles. The van der Waals surface area contributed by atoms with Crippen molar-refractivity contribution >= 4 is 27.9 Å². The van der Waals surface area contributed by atoms with E-state index in [0.717, 1.165) is 4.47 Å². The van der Waals surface area contributed by atoms with Crippen LogP contribution in [-0.2, 0) is 24.5 Å². The van der Waals surface area contributed by atoms with E-state index in [1.165, 1.54) is 0 Å². The van der Waals surface area contributed by atoms with Gasteiger partial charge in [-0.15, -0.1) is 0 Å². The lowest BCUT2D eigenvalue weighted by atomic mass is 9.76. The van der Waals surface area contributed by atoms with Crippen molar-refractivity contribution in [3.63, 3.8) is 0 Å². The minimum Gasteiger partial charge on any atom is -0.466 e. The van der Waals surface area contributed by atoms with E-state index in [2.05, 4.69) is 22.0 Å². The number of nitriles is 1. The van der Waals surface area contributed by atoms with Crippen LogP contribution < -0.4 is 0 Å². The van der Waals surface area contributed by atoms with Gasteiger partial charge in [-0.05, 0) is 31.5 Å². The Labute approximate surface area is 138 Å². The summed E-state index contributed by atoms with van der Waals surface area (Å²) >= 11 is 3.32. The molecule has 22 heavy (non-hydrogen) atoms. The molecule has 0 bridgehead atoms. The third kappa shape index (κ3) is 4.85. The van der Waals surface area contributed by atoms with Gasteiger partial charge in [-0.25, -0.2) is 0 Å². The molecule has 1 aromatic rings. The Kier molecular flexibility index (Phi) is 7.06. The molecule has 1 rings (SSSR count). The van der Waals surface area contributed by atoms with E-state index in [1.54, 1.807) is 38.1 Å². The van der Waals surface area contributed by atoms with Crippen LogP contribution in [0.15, 0.2) is 28.7 Å². The normalized spacial score (nSPS) is 10.6. The first-order valence-electron chi connectivity index (χ1n) is 6.96. The summed E-state index contributed by atoms with van der Waals surface area (Å²) in [5.74, 6) is -1.03. The Morgan fingerprint density at radius 3 is 1.91 bits per heavy atom. The van der Waals surface area contributed by atoms with Crippen molar-refractivity contribution in [1.29, 1.82) is 5.26 Å². The van der Waals surface area contributed by atoms with E-state index in [0.29, 0.717) is 5.56 Å². The van der Waals surface area contributed by atoms with Crippen LogP contribution in [0.25, 0.3) is 0 Å². The van der Waals surface area contributed by atoms with E-state index in [9.17, 15) is 14.9 Å². The third-order valence-corrected chi connectivity index (χ3v) is 3.64. The van der Waals surface area contributed by atoms with Gasteiger partial charge in [0, 0.05) is 4.47 Å². The summed E-state index contributed by atoms with van der Waals surface area (Å²) in [4.78, 5) is 23.7. The van der Waals surface area contributed by atoms with E-state index in [-0.39, 0.29) is 26.1 Å². The third-order valence-electron chi connectivity index (χ3n) is 3.11. The minimum atomic E-state index is -1.29. The molecule has 0 fully saturated rings. The second-order valence-electron chi connectivity index (χ2n) is 4.66. The van der Waals surface area contributed by atoms with Crippen LogP contribution in [0.4, 0.5) is 0 Å². The van der Waals surface area contributed by atoms with Gasteiger partial charge >= 0.3 is 11.9 Å². The van der Waals surface area contributed by atoms with Crippen LogP contribution in [0.2, 0.25) is 0 Å². The average molecular weight is 368 g/mol. The summed E-state index contributed by atoms with van der Waals surface area (Å²) < 4.78 is 10.7. The highest BCUT2D eigenvalue weighted by Gasteiger charge is 2.38. The number of hydrogen-bond donors (Lipinski definition) is 0. The van der Waals surface area contributed by atoms with Crippen molar-refractivity contribution in [3.8, 4) is 6.07 Å². The average Bonchev–Trinajstić information content (AvgIpc) is 2.47. The molecule has 0 radical (unpaired) electrons. The van der Waals surface area contributed by atoms with Gasteiger partial charge in [-0.2, -0.15) is 5.26 Å². The van der Waals surface area contributed by atoms with Crippen LogP contribution in [0.3, 0.4) is 0 Å². The van der Waals surface area contributed by atoms with Crippen molar-refractivity contribution in [2.24, 2.45) is 0 Å². The minimum absolute atomic E-state index is 0.197.